The number of carbonyl (C=O) groups is 1. The minimum atomic E-state index is 0.0395. The second-order valence-electron chi connectivity index (χ2n) is 5.96. The number of hydrogen-bond acceptors (Lipinski definition) is 4. The third kappa shape index (κ3) is 4.86. The zero-order chi connectivity index (χ0) is 16.7. The standard InChI is InChI=1S/C18H28N2O3/c1-4-15-7-5-6-11-20(15)12-10-18(21)19-14-8-9-16(22-2)17(13-14)23-3/h8-9,13,15H,4-7,10-12H2,1-3H3,(H,19,21). The number of piperidine rings is 1. The predicted octanol–water partition coefficient (Wildman–Crippen LogP) is 3.30. The quantitative estimate of drug-likeness (QED) is 0.837. The van der Waals surface area contributed by atoms with Gasteiger partial charge in [-0.3, -0.25) is 9.69 Å². The fraction of sp³-hybridized carbons (Fsp3) is 0.611. The normalized spacial score (nSPS) is 18.5. The van der Waals surface area contributed by atoms with Crippen LogP contribution in [0.4, 0.5) is 5.69 Å². The number of methoxy groups -OCH3 is 2. The number of benzene rings is 1. The van der Waals surface area contributed by atoms with Gasteiger partial charge in [0, 0.05) is 30.8 Å². The summed E-state index contributed by atoms with van der Waals surface area (Å²) in [5.74, 6) is 1.31. The second kappa shape index (κ2) is 8.77. The molecule has 23 heavy (non-hydrogen) atoms. The number of nitrogens with one attached hydrogen (secondary N) is 1. The number of carbonyl (C=O) groups excluding carboxylic acids is 1. The molecule has 1 N–H and O–H groups in total. The highest BCUT2D eigenvalue weighted by molar-refractivity contribution is 5.91. The van der Waals surface area contributed by atoms with Gasteiger partial charge in [0.25, 0.3) is 0 Å². The molecular formula is C18H28N2O3. The summed E-state index contributed by atoms with van der Waals surface area (Å²) < 4.78 is 10.5. The Balaban J connectivity index is 1.87. The maximum absolute atomic E-state index is 12.2. The Morgan fingerprint density at radius 3 is 2.74 bits per heavy atom. The van der Waals surface area contributed by atoms with Gasteiger partial charge in [-0.2, -0.15) is 0 Å². The van der Waals surface area contributed by atoms with Crippen LogP contribution in [0.5, 0.6) is 11.5 Å². The molecule has 128 valence electrons. The molecule has 0 aliphatic carbocycles. The summed E-state index contributed by atoms with van der Waals surface area (Å²) in [6.07, 6.45) is 5.50. The van der Waals surface area contributed by atoms with Gasteiger partial charge in [-0.1, -0.05) is 13.3 Å². The molecule has 0 bridgehead atoms. The third-order valence-electron chi connectivity index (χ3n) is 4.51. The molecule has 1 amide bonds. The number of rotatable bonds is 7. The van der Waals surface area contributed by atoms with Crippen molar-refractivity contribution in [3.8, 4) is 11.5 Å². The number of nitrogens with zero attached hydrogens (tertiary/aromatic N) is 1. The maximum atomic E-state index is 12.2. The van der Waals surface area contributed by atoms with Gasteiger partial charge in [0.2, 0.25) is 5.91 Å². The van der Waals surface area contributed by atoms with Crippen molar-refractivity contribution in [3.05, 3.63) is 18.2 Å². The van der Waals surface area contributed by atoms with Gasteiger partial charge in [-0.15, -0.1) is 0 Å². The van der Waals surface area contributed by atoms with Crippen LogP contribution < -0.4 is 14.8 Å². The molecule has 2 rings (SSSR count). The summed E-state index contributed by atoms with van der Waals surface area (Å²) in [4.78, 5) is 14.7. The van der Waals surface area contributed by atoms with E-state index in [9.17, 15) is 4.79 Å². The highest BCUT2D eigenvalue weighted by Gasteiger charge is 2.21. The van der Waals surface area contributed by atoms with Crippen LogP contribution in [0.25, 0.3) is 0 Å². The van der Waals surface area contributed by atoms with Gasteiger partial charge in [0.15, 0.2) is 11.5 Å². The fourth-order valence-corrected chi connectivity index (χ4v) is 3.20. The summed E-state index contributed by atoms with van der Waals surface area (Å²) in [6, 6.07) is 6.05. The van der Waals surface area contributed by atoms with Crippen molar-refractivity contribution in [3.63, 3.8) is 0 Å². The first kappa shape index (κ1) is 17.6. The van der Waals surface area contributed by atoms with Gasteiger partial charge in [0.1, 0.15) is 0 Å². The van der Waals surface area contributed by atoms with Crippen LogP contribution in [0.1, 0.15) is 39.0 Å². The lowest BCUT2D eigenvalue weighted by molar-refractivity contribution is -0.116. The summed E-state index contributed by atoms with van der Waals surface area (Å²) in [5.41, 5.74) is 0.735. The van der Waals surface area contributed by atoms with Crippen LogP contribution in [0.2, 0.25) is 0 Å². The first-order valence-electron chi connectivity index (χ1n) is 8.43. The van der Waals surface area contributed by atoms with Crippen LogP contribution >= 0.6 is 0 Å². The highest BCUT2D eigenvalue weighted by atomic mass is 16.5. The van der Waals surface area contributed by atoms with Crippen LogP contribution in [0, 0.1) is 0 Å². The van der Waals surface area contributed by atoms with Crippen LogP contribution in [-0.2, 0) is 4.79 Å². The summed E-state index contributed by atoms with van der Waals surface area (Å²) >= 11 is 0. The van der Waals surface area contributed by atoms with E-state index >= 15 is 0 Å². The van der Waals surface area contributed by atoms with E-state index in [1.165, 1.54) is 19.3 Å². The number of anilines is 1. The van der Waals surface area contributed by atoms with Crippen molar-refractivity contribution >= 4 is 11.6 Å². The van der Waals surface area contributed by atoms with Gasteiger partial charge >= 0.3 is 0 Å². The molecule has 5 nitrogen and oxygen atoms in total. The van der Waals surface area contributed by atoms with Crippen LogP contribution in [0.3, 0.4) is 0 Å². The summed E-state index contributed by atoms with van der Waals surface area (Å²) in [7, 11) is 3.18. The monoisotopic (exact) mass is 320 g/mol. The number of likely N-dealkylation sites (tertiary alicyclic amines) is 1. The van der Waals surface area contributed by atoms with Crippen molar-refractivity contribution in [1.29, 1.82) is 0 Å². The smallest absolute Gasteiger partial charge is 0.225 e. The van der Waals surface area contributed by atoms with Crippen molar-refractivity contribution in [2.24, 2.45) is 0 Å². The lowest BCUT2D eigenvalue weighted by Crippen LogP contribution is -2.40. The average Bonchev–Trinajstić information content (AvgIpc) is 2.60. The van der Waals surface area contributed by atoms with Gasteiger partial charge < -0.3 is 14.8 Å². The van der Waals surface area contributed by atoms with E-state index in [0.29, 0.717) is 24.0 Å². The minimum Gasteiger partial charge on any atom is -0.493 e. The largest absolute Gasteiger partial charge is 0.493 e. The molecule has 0 saturated carbocycles. The number of hydrogen-bond donors (Lipinski definition) is 1. The fourth-order valence-electron chi connectivity index (χ4n) is 3.20. The molecule has 0 radical (unpaired) electrons. The molecule has 0 aromatic heterocycles. The molecule has 1 saturated heterocycles. The number of ether oxygens (including phenoxy) is 2. The van der Waals surface area contributed by atoms with Crippen molar-refractivity contribution in [2.75, 3.05) is 32.6 Å². The van der Waals surface area contributed by atoms with E-state index in [0.717, 1.165) is 25.2 Å². The Morgan fingerprint density at radius 1 is 1.26 bits per heavy atom. The molecular weight excluding hydrogens is 292 g/mol. The summed E-state index contributed by atoms with van der Waals surface area (Å²) in [5, 5.41) is 2.94. The van der Waals surface area contributed by atoms with E-state index in [1.54, 1.807) is 26.4 Å². The molecule has 1 heterocycles. The molecule has 1 atom stereocenters. The van der Waals surface area contributed by atoms with E-state index in [1.807, 2.05) is 6.07 Å². The zero-order valence-electron chi connectivity index (χ0n) is 14.4. The molecule has 1 aliphatic heterocycles. The van der Waals surface area contributed by atoms with Gasteiger partial charge in [0.05, 0.1) is 14.2 Å². The Bertz CT molecular complexity index is 519. The Hall–Kier alpha value is -1.75. The van der Waals surface area contributed by atoms with Gasteiger partial charge in [-0.25, -0.2) is 0 Å². The first-order valence-corrected chi connectivity index (χ1v) is 8.43. The molecule has 1 unspecified atom stereocenters. The van der Waals surface area contributed by atoms with E-state index < -0.39 is 0 Å². The van der Waals surface area contributed by atoms with Crippen molar-refractivity contribution in [1.82, 2.24) is 4.90 Å². The van der Waals surface area contributed by atoms with Crippen LogP contribution in [-0.4, -0.2) is 44.2 Å². The third-order valence-corrected chi connectivity index (χ3v) is 4.51. The predicted molar refractivity (Wildman–Crippen MR) is 92.3 cm³/mol. The lowest BCUT2D eigenvalue weighted by Gasteiger charge is -2.35. The lowest BCUT2D eigenvalue weighted by atomic mass is 10.00. The molecule has 1 aromatic carbocycles. The second-order valence-corrected chi connectivity index (χ2v) is 5.96. The molecule has 0 spiro atoms. The Kier molecular flexibility index (Phi) is 6.71. The molecule has 1 aromatic rings. The topological polar surface area (TPSA) is 50.8 Å². The molecule has 1 fully saturated rings. The SMILES string of the molecule is CCC1CCCCN1CCC(=O)Nc1ccc(OC)c(OC)c1. The maximum Gasteiger partial charge on any atom is 0.225 e. The number of amides is 1. The molecule has 1 aliphatic rings. The van der Waals surface area contributed by atoms with Gasteiger partial charge in [-0.05, 0) is 37.9 Å². The zero-order valence-corrected chi connectivity index (χ0v) is 14.4. The van der Waals surface area contributed by atoms with Crippen molar-refractivity contribution < 1.29 is 14.3 Å². The van der Waals surface area contributed by atoms with E-state index in [-0.39, 0.29) is 5.91 Å². The Labute approximate surface area is 139 Å². The van der Waals surface area contributed by atoms with Crippen molar-refractivity contribution in [2.45, 2.75) is 45.1 Å². The average molecular weight is 320 g/mol. The summed E-state index contributed by atoms with van der Waals surface area (Å²) in [6.45, 7) is 4.17. The van der Waals surface area contributed by atoms with Crippen LogP contribution in [0.15, 0.2) is 18.2 Å². The first-order chi connectivity index (χ1) is 11.2. The minimum absolute atomic E-state index is 0.0395. The van der Waals surface area contributed by atoms with E-state index in [2.05, 4.69) is 17.1 Å². The molecule has 5 heteroatoms. The highest BCUT2D eigenvalue weighted by Crippen LogP contribution is 2.29. The van der Waals surface area contributed by atoms with E-state index in [4.69, 9.17) is 9.47 Å². The Morgan fingerprint density at radius 2 is 2.04 bits per heavy atom.